The molecule has 0 aliphatic heterocycles. The molecule has 0 aliphatic rings. The van der Waals surface area contributed by atoms with Crippen molar-refractivity contribution in [1.82, 2.24) is 0 Å². The van der Waals surface area contributed by atoms with Crippen molar-refractivity contribution in [3.05, 3.63) is 35.4 Å². The topological polar surface area (TPSA) is 112 Å². The maximum Gasteiger partial charge on any atom is 0.329 e. The fourth-order valence-electron chi connectivity index (χ4n) is 1.43. The van der Waals surface area contributed by atoms with Crippen molar-refractivity contribution in [3.8, 4) is 0 Å². The van der Waals surface area contributed by atoms with Crippen molar-refractivity contribution in [2.45, 2.75) is 32.3 Å². The summed E-state index contributed by atoms with van der Waals surface area (Å²) in [6.07, 6.45) is 1.61. The molecular weight excluding hydrogens is 303 g/mol. The van der Waals surface area contributed by atoms with E-state index < -0.39 is 17.7 Å². The van der Waals surface area contributed by atoms with Crippen LogP contribution in [0.5, 0.6) is 0 Å². The van der Waals surface area contributed by atoms with Crippen LogP contribution < -0.4 is 0 Å². The molecule has 0 radical (unpaired) electrons. The molecule has 1 atom stereocenters. The normalized spacial score (nSPS) is 13.3. The Kier molecular flexibility index (Phi) is 7.62. The summed E-state index contributed by atoms with van der Waals surface area (Å²) in [5.74, 6) is 0.495. The smallest absolute Gasteiger partial charge is 0.324 e. The summed E-state index contributed by atoms with van der Waals surface area (Å²) in [5.41, 5.74) is 1.90. The number of benzene rings is 1. The van der Waals surface area contributed by atoms with E-state index in [1.165, 1.54) is 5.56 Å². The van der Waals surface area contributed by atoms with E-state index in [1.807, 2.05) is 12.1 Å². The maximum atomic E-state index is 10.8. The SMILES string of the molecule is CCC(C)c1ccc(CP(=O)(O)O)cc1.CS(=O)(=O)O. The van der Waals surface area contributed by atoms with Gasteiger partial charge in [0.2, 0.25) is 0 Å². The highest BCUT2D eigenvalue weighted by Gasteiger charge is 2.13. The number of hydrogen-bond acceptors (Lipinski definition) is 3. The molecule has 6 nitrogen and oxygen atoms in total. The van der Waals surface area contributed by atoms with Crippen LogP contribution in [0.15, 0.2) is 24.3 Å². The maximum absolute atomic E-state index is 10.8. The molecule has 116 valence electrons. The first-order valence-electron chi connectivity index (χ1n) is 5.98. The Morgan fingerprint density at radius 3 is 1.90 bits per heavy atom. The van der Waals surface area contributed by atoms with E-state index in [4.69, 9.17) is 14.3 Å². The Morgan fingerprint density at radius 1 is 1.20 bits per heavy atom. The van der Waals surface area contributed by atoms with Crippen molar-refractivity contribution in [2.75, 3.05) is 6.26 Å². The molecular formula is C12H21O6PS. The lowest BCUT2D eigenvalue weighted by Gasteiger charge is -2.10. The van der Waals surface area contributed by atoms with Gasteiger partial charge in [0, 0.05) is 0 Å². The van der Waals surface area contributed by atoms with Gasteiger partial charge in [-0.3, -0.25) is 9.12 Å². The van der Waals surface area contributed by atoms with Gasteiger partial charge in [-0.2, -0.15) is 8.42 Å². The first-order chi connectivity index (χ1) is 8.92. The molecule has 0 heterocycles. The van der Waals surface area contributed by atoms with Crippen LogP contribution in [0.4, 0.5) is 0 Å². The molecule has 0 amide bonds. The summed E-state index contributed by atoms with van der Waals surface area (Å²) < 4.78 is 36.6. The van der Waals surface area contributed by atoms with Gasteiger partial charge in [0.05, 0.1) is 12.4 Å². The Morgan fingerprint density at radius 2 is 1.60 bits per heavy atom. The average Bonchev–Trinajstić information content (AvgIpc) is 2.24. The van der Waals surface area contributed by atoms with E-state index in [0.29, 0.717) is 17.7 Å². The predicted molar refractivity (Wildman–Crippen MR) is 78.4 cm³/mol. The Hall–Kier alpha value is -0.720. The summed E-state index contributed by atoms with van der Waals surface area (Å²) >= 11 is 0. The molecule has 0 bridgehead atoms. The summed E-state index contributed by atoms with van der Waals surface area (Å²) in [4.78, 5) is 17.6. The molecule has 0 aliphatic carbocycles. The van der Waals surface area contributed by atoms with Crippen molar-refractivity contribution in [2.24, 2.45) is 0 Å². The van der Waals surface area contributed by atoms with Gasteiger partial charge in [-0.05, 0) is 23.5 Å². The zero-order chi connectivity index (χ0) is 16.0. The van der Waals surface area contributed by atoms with Crippen LogP contribution in [0.3, 0.4) is 0 Å². The van der Waals surface area contributed by atoms with Crippen molar-refractivity contribution in [3.63, 3.8) is 0 Å². The highest BCUT2D eigenvalue weighted by molar-refractivity contribution is 7.85. The lowest BCUT2D eigenvalue weighted by Crippen LogP contribution is -1.92. The number of rotatable bonds is 4. The van der Waals surface area contributed by atoms with Crippen LogP contribution >= 0.6 is 7.60 Å². The molecule has 0 aromatic heterocycles. The van der Waals surface area contributed by atoms with Crippen LogP contribution in [0.1, 0.15) is 37.3 Å². The predicted octanol–water partition coefficient (Wildman–Crippen LogP) is 2.38. The molecule has 1 unspecified atom stereocenters. The quantitative estimate of drug-likeness (QED) is 0.579. The van der Waals surface area contributed by atoms with Crippen LogP contribution in [0, 0.1) is 0 Å². The molecule has 8 heteroatoms. The molecule has 0 spiro atoms. The zero-order valence-corrected chi connectivity index (χ0v) is 13.4. The Balaban J connectivity index is 0.000000621. The summed E-state index contributed by atoms with van der Waals surface area (Å²) in [7, 11) is -7.60. The van der Waals surface area contributed by atoms with E-state index in [9.17, 15) is 13.0 Å². The van der Waals surface area contributed by atoms with Gasteiger partial charge in [-0.1, -0.05) is 38.1 Å². The van der Waals surface area contributed by atoms with E-state index in [2.05, 4.69) is 13.8 Å². The summed E-state index contributed by atoms with van der Waals surface area (Å²) in [6, 6.07) is 7.47. The third-order valence-corrected chi connectivity index (χ3v) is 3.33. The van der Waals surface area contributed by atoms with Gasteiger partial charge >= 0.3 is 7.60 Å². The summed E-state index contributed by atoms with van der Waals surface area (Å²) in [5, 5.41) is 0. The third kappa shape index (κ3) is 11.1. The molecule has 0 fully saturated rings. The lowest BCUT2D eigenvalue weighted by atomic mass is 9.98. The third-order valence-electron chi connectivity index (χ3n) is 2.55. The van der Waals surface area contributed by atoms with E-state index in [-0.39, 0.29) is 6.16 Å². The Labute approximate surface area is 119 Å². The minimum atomic E-state index is -3.93. The first-order valence-corrected chi connectivity index (χ1v) is 9.63. The van der Waals surface area contributed by atoms with Crippen LogP contribution in [-0.2, 0) is 20.8 Å². The molecule has 1 aromatic carbocycles. The van der Waals surface area contributed by atoms with Crippen LogP contribution in [0.25, 0.3) is 0 Å². The molecule has 0 saturated heterocycles. The fraction of sp³-hybridized carbons (Fsp3) is 0.500. The van der Waals surface area contributed by atoms with E-state index in [1.54, 1.807) is 12.1 Å². The highest BCUT2D eigenvalue weighted by atomic mass is 32.2. The zero-order valence-electron chi connectivity index (χ0n) is 11.7. The van der Waals surface area contributed by atoms with E-state index >= 15 is 0 Å². The van der Waals surface area contributed by atoms with Crippen LogP contribution in [-0.4, -0.2) is 29.0 Å². The van der Waals surface area contributed by atoms with Crippen LogP contribution in [0.2, 0.25) is 0 Å². The second kappa shape index (κ2) is 7.90. The van der Waals surface area contributed by atoms with Gasteiger partial charge in [-0.15, -0.1) is 0 Å². The van der Waals surface area contributed by atoms with Gasteiger partial charge in [0.1, 0.15) is 0 Å². The molecule has 3 N–H and O–H groups in total. The highest BCUT2D eigenvalue weighted by Crippen LogP contribution is 2.39. The minimum Gasteiger partial charge on any atom is -0.324 e. The minimum absolute atomic E-state index is 0.173. The lowest BCUT2D eigenvalue weighted by molar-refractivity contribution is 0.371. The van der Waals surface area contributed by atoms with Gasteiger partial charge in [-0.25, -0.2) is 0 Å². The number of hydrogen-bond donors (Lipinski definition) is 3. The second-order valence-electron chi connectivity index (χ2n) is 4.61. The molecule has 1 aromatic rings. The van der Waals surface area contributed by atoms with Crippen molar-refractivity contribution < 1.29 is 27.3 Å². The van der Waals surface area contributed by atoms with Crippen molar-refractivity contribution >= 4 is 17.7 Å². The molecule has 0 saturated carbocycles. The molecule has 1 rings (SSSR count). The van der Waals surface area contributed by atoms with Crippen molar-refractivity contribution in [1.29, 1.82) is 0 Å². The average molecular weight is 324 g/mol. The van der Waals surface area contributed by atoms with Gasteiger partial charge in [0.25, 0.3) is 10.1 Å². The molecule has 20 heavy (non-hydrogen) atoms. The fourth-order valence-corrected chi connectivity index (χ4v) is 2.11. The second-order valence-corrected chi connectivity index (χ2v) is 7.72. The summed E-state index contributed by atoms with van der Waals surface area (Å²) in [6.45, 7) is 4.26. The Bertz CT molecular complexity index is 538. The van der Waals surface area contributed by atoms with Gasteiger partial charge < -0.3 is 9.79 Å². The first kappa shape index (κ1) is 19.3. The monoisotopic (exact) mass is 324 g/mol. The van der Waals surface area contributed by atoms with E-state index in [0.717, 1.165) is 6.42 Å². The largest absolute Gasteiger partial charge is 0.329 e. The standard InChI is InChI=1S/C11H17O3P.CH4O3S/c1-3-9(2)11-6-4-10(5-7-11)8-15(12,13)14;1-5(2,3)4/h4-7,9H,3,8H2,1-2H3,(H2,12,13,14);1H3,(H,2,3,4). The van der Waals surface area contributed by atoms with Gasteiger partial charge in [0.15, 0.2) is 0 Å².